The van der Waals surface area contributed by atoms with Crippen molar-refractivity contribution in [1.29, 1.82) is 0 Å². The summed E-state index contributed by atoms with van der Waals surface area (Å²) in [5, 5.41) is 1.01. The summed E-state index contributed by atoms with van der Waals surface area (Å²) in [7, 11) is 1.80. The minimum Gasteiger partial charge on any atom is -0.399 e. The molecule has 2 aromatic carbocycles. The van der Waals surface area contributed by atoms with Crippen molar-refractivity contribution in [3.63, 3.8) is 0 Å². The van der Waals surface area contributed by atoms with Gasteiger partial charge >= 0.3 is 0 Å². The van der Waals surface area contributed by atoms with Crippen LogP contribution in [0.15, 0.2) is 48.5 Å². The molecule has 3 rings (SSSR count). The number of aryl methyl sites for hydroxylation is 1. The van der Waals surface area contributed by atoms with Gasteiger partial charge in [-0.15, -0.1) is 11.3 Å². The predicted molar refractivity (Wildman–Crippen MR) is 90.1 cm³/mol. The Hall–Kier alpha value is -2.33. The van der Waals surface area contributed by atoms with E-state index >= 15 is 0 Å². The maximum atomic E-state index is 12.6. The van der Waals surface area contributed by atoms with Gasteiger partial charge in [0.15, 0.2) is 0 Å². The number of thiophene rings is 1. The van der Waals surface area contributed by atoms with Crippen molar-refractivity contribution in [2.24, 2.45) is 0 Å². The van der Waals surface area contributed by atoms with E-state index in [1.807, 2.05) is 55.5 Å². The first kappa shape index (κ1) is 13.6. The molecule has 0 fully saturated rings. The van der Waals surface area contributed by atoms with Crippen LogP contribution >= 0.6 is 11.3 Å². The Balaban J connectivity index is 1.96. The van der Waals surface area contributed by atoms with Crippen molar-refractivity contribution in [1.82, 2.24) is 0 Å². The molecule has 4 heteroatoms. The summed E-state index contributed by atoms with van der Waals surface area (Å²) in [6.07, 6.45) is 0. The third-order valence-electron chi connectivity index (χ3n) is 3.44. The fraction of sp³-hybridized carbons (Fsp3) is 0.118. The lowest BCUT2D eigenvalue weighted by Gasteiger charge is -2.16. The minimum absolute atomic E-state index is 0.000344. The van der Waals surface area contributed by atoms with Crippen LogP contribution in [0.5, 0.6) is 0 Å². The average Bonchev–Trinajstić information content (AvgIpc) is 2.88. The van der Waals surface area contributed by atoms with Crippen molar-refractivity contribution in [3.05, 3.63) is 59.0 Å². The molecular weight excluding hydrogens is 280 g/mol. The minimum atomic E-state index is 0.000344. The molecule has 21 heavy (non-hydrogen) atoms. The average molecular weight is 296 g/mol. The zero-order valence-electron chi connectivity index (χ0n) is 12.0. The number of carbonyl (C=O) groups is 1. The largest absolute Gasteiger partial charge is 0.399 e. The van der Waals surface area contributed by atoms with Crippen molar-refractivity contribution in [2.75, 3.05) is 17.7 Å². The van der Waals surface area contributed by atoms with Crippen molar-refractivity contribution < 1.29 is 4.79 Å². The normalized spacial score (nSPS) is 10.8. The number of rotatable bonds is 2. The molecule has 0 aliphatic carbocycles. The monoisotopic (exact) mass is 296 g/mol. The Bertz CT molecular complexity index is 823. The molecule has 0 atom stereocenters. The van der Waals surface area contributed by atoms with Gasteiger partial charge in [0.25, 0.3) is 5.91 Å². The highest BCUT2D eigenvalue weighted by Gasteiger charge is 2.16. The Morgan fingerprint density at radius 3 is 2.71 bits per heavy atom. The van der Waals surface area contributed by atoms with E-state index in [2.05, 4.69) is 0 Å². The Kier molecular flexibility index (Phi) is 3.39. The third-order valence-corrected chi connectivity index (χ3v) is 4.55. The number of anilines is 2. The molecule has 3 nitrogen and oxygen atoms in total. The van der Waals surface area contributed by atoms with Gasteiger partial charge in [-0.1, -0.05) is 12.1 Å². The molecule has 0 saturated heterocycles. The molecule has 3 aromatic rings. The second-order valence-corrected chi connectivity index (χ2v) is 6.19. The quantitative estimate of drug-likeness (QED) is 0.725. The van der Waals surface area contributed by atoms with Gasteiger partial charge in [0, 0.05) is 23.1 Å². The van der Waals surface area contributed by atoms with Crippen LogP contribution < -0.4 is 10.6 Å². The number of benzene rings is 2. The highest BCUT2D eigenvalue weighted by molar-refractivity contribution is 7.20. The van der Waals surface area contributed by atoms with E-state index in [1.54, 1.807) is 11.9 Å². The molecular formula is C17H16N2OS. The van der Waals surface area contributed by atoms with E-state index in [0.29, 0.717) is 5.69 Å². The van der Waals surface area contributed by atoms with E-state index in [1.165, 1.54) is 11.3 Å². The number of fused-ring (bicyclic) bond motifs is 1. The Morgan fingerprint density at radius 1 is 1.14 bits per heavy atom. The van der Waals surface area contributed by atoms with Crippen LogP contribution in [0.3, 0.4) is 0 Å². The SMILES string of the molecule is Cc1cccc(N(C)C(=O)c2cc3cc(N)ccc3s2)c1. The number of nitrogen functional groups attached to an aromatic ring is 1. The van der Waals surface area contributed by atoms with Crippen molar-refractivity contribution in [3.8, 4) is 0 Å². The summed E-state index contributed by atoms with van der Waals surface area (Å²) in [4.78, 5) is 15.0. The van der Waals surface area contributed by atoms with Gasteiger partial charge in [0.1, 0.15) is 0 Å². The Morgan fingerprint density at radius 2 is 1.95 bits per heavy atom. The van der Waals surface area contributed by atoms with Crippen LogP contribution in [0.4, 0.5) is 11.4 Å². The van der Waals surface area contributed by atoms with Gasteiger partial charge in [-0.25, -0.2) is 0 Å². The third kappa shape index (κ3) is 2.62. The molecule has 0 unspecified atom stereocenters. The second-order valence-electron chi connectivity index (χ2n) is 5.11. The number of nitrogens with two attached hydrogens (primary N) is 1. The van der Waals surface area contributed by atoms with Crippen molar-refractivity contribution >= 4 is 38.7 Å². The maximum absolute atomic E-state index is 12.6. The zero-order valence-corrected chi connectivity index (χ0v) is 12.8. The van der Waals surface area contributed by atoms with Crippen LogP contribution in [-0.2, 0) is 0 Å². The standard InChI is InChI=1S/C17H16N2OS/c1-11-4-3-5-14(8-11)19(2)17(20)16-10-12-9-13(18)6-7-15(12)21-16/h3-10H,18H2,1-2H3. The zero-order chi connectivity index (χ0) is 15.0. The van der Waals surface area contributed by atoms with Crippen molar-refractivity contribution in [2.45, 2.75) is 6.92 Å². The molecule has 0 aliphatic rings. The summed E-state index contributed by atoms with van der Waals surface area (Å²) in [6, 6.07) is 15.5. The molecule has 106 valence electrons. The van der Waals surface area contributed by atoms with Gasteiger partial charge in [-0.3, -0.25) is 4.79 Å². The number of amides is 1. The topological polar surface area (TPSA) is 46.3 Å². The maximum Gasteiger partial charge on any atom is 0.268 e. The molecule has 2 N–H and O–H groups in total. The van der Waals surface area contributed by atoms with Crippen LogP contribution in [-0.4, -0.2) is 13.0 Å². The molecule has 0 bridgehead atoms. The molecule has 1 amide bonds. The number of nitrogens with zero attached hydrogens (tertiary/aromatic N) is 1. The highest BCUT2D eigenvalue weighted by Crippen LogP contribution is 2.29. The predicted octanol–water partition coefficient (Wildman–Crippen LogP) is 4.07. The summed E-state index contributed by atoms with van der Waals surface area (Å²) >= 11 is 1.49. The van der Waals surface area contributed by atoms with Gasteiger partial charge in [-0.2, -0.15) is 0 Å². The van der Waals surface area contributed by atoms with Crippen LogP contribution in [0, 0.1) is 6.92 Å². The number of hydrogen-bond donors (Lipinski definition) is 1. The first-order valence-electron chi connectivity index (χ1n) is 6.68. The first-order chi connectivity index (χ1) is 10.0. The smallest absolute Gasteiger partial charge is 0.268 e. The molecule has 0 radical (unpaired) electrons. The van der Waals surface area contributed by atoms with E-state index in [-0.39, 0.29) is 5.91 Å². The van der Waals surface area contributed by atoms with E-state index in [0.717, 1.165) is 26.2 Å². The van der Waals surface area contributed by atoms with Crippen LogP contribution in [0.25, 0.3) is 10.1 Å². The van der Waals surface area contributed by atoms with Crippen LogP contribution in [0.2, 0.25) is 0 Å². The Labute approximate surface area is 127 Å². The summed E-state index contributed by atoms with van der Waals surface area (Å²) in [5.74, 6) is 0.000344. The molecule has 0 spiro atoms. The fourth-order valence-corrected chi connectivity index (χ4v) is 3.31. The summed E-state index contributed by atoms with van der Waals surface area (Å²) in [6.45, 7) is 2.02. The lowest BCUT2D eigenvalue weighted by Crippen LogP contribution is -2.25. The lowest BCUT2D eigenvalue weighted by atomic mass is 10.2. The number of carbonyl (C=O) groups excluding carboxylic acids is 1. The van der Waals surface area contributed by atoms with Gasteiger partial charge in [0.2, 0.25) is 0 Å². The summed E-state index contributed by atoms with van der Waals surface area (Å²) < 4.78 is 1.07. The van der Waals surface area contributed by atoms with Gasteiger partial charge in [-0.05, 0) is 54.3 Å². The molecule has 0 saturated carbocycles. The molecule has 0 aliphatic heterocycles. The first-order valence-corrected chi connectivity index (χ1v) is 7.50. The van der Waals surface area contributed by atoms with Gasteiger partial charge in [0.05, 0.1) is 4.88 Å². The molecule has 1 heterocycles. The van der Waals surface area contributed by atoms with E-state index in [9.17, 15) is 4.79 Å². The highest BCUT2D eigenvalue weighted by atomic mass is 32.1. The molecule has 1 aromatic heterocycles. The fourth-order valence-electron chi connectivity index (χ4n) is 2.29. The lowest BCUT2D eigenvalue weighted by molar-refractivity contribution is 0.0997. The summed E-state index contributed by atoms with van der Waals surface area (Å²) in [5.41, 5.74) is 8.54. The van der Waals surface area contributed by atoms with Crippen LogP contribution in [0.1, 0.15) is 15.2 Å². The number of hydrogen-bond acceptors (Lipinski definition) is 3. The van der Waals surface area contributed by atoms with E-state index < -0.39 is 0 Å². The van der Waals surface area contributed by atoms with E-state index in [4.69, 9.17) is 5.73 Å². The van der Waals surface area contributed by atoms with Gasteiger partial charge < -0.3 is 10.6 Å². The second kappa shape index (κ2) is 5.22.